The maximum atomic E-state index is 12.6. The molecule has 0 bridgehead atoms. The molecule has 2 heterocycles. The highest BCUT2D eigenvalue weighted by Gasteiger charge is 2.29. The molecule has 1 N–H and O–H groups in total. The lowest BCUT2D eigenvalue weighted by Gasteiger charge is -2.35. The average molecular weight is 365 g/mol. The highest BCUT2D eigenvalue weighted by Crippen LogP contribution is 2.32. The zero-order valence-electron chi connectivity index (χ0n) is 14.6. The number of ether oxygens (including phenoxy) is 1. The average Bonchev–Trinajstić information content (AvgIpc) is 3.09. The van der Waals surface area contributed by atoms with Crippen LogP contribution in [0.1, 0.15) is 32.8 Å². The maximum Gasteiger partial charge on any atom is 0.257 e. The Bertz CT molecular complexity index is 936. The first-order valence-corrected chi connectivity index (χ1v) is 9.26. The third kappa shape index (κ3) is 3.15. The molecular formula is C20H19N3O2S. The summed E-state index contributed by atoms with van der Waals surface area (Å²) in [5, 5.41) is 6.47. The first-order valence-electron chi connectivity index (χ1n) is 8.38. The summed E-state index contributed by atoms with van der Waals surface area (Å²) in [6.45, 7) is 2.44. The van der Waals surface area contributed by atoms with Crippen LogP contribution in [-0.2, 0) is 6.61 Å². The number of nitrogens with one attached hydrogen (secondary N) is 1. The molecule has 3 aromatic rings. The number of carbonyl (C=O) groups is 1. The van der Waals surface area contributed by atoms with E-state index in [-0.39, 0.29) is 12.1 Å². The van der Waals surface area contributed by atoms with Crippen molar-refractivity contribution in [2.24, 2.45) is 0 Å². The van der Waals surface area contributed by atoms with Gasteiger partial charge < -0.3 is 15.0 Å². The third-order valence-corrected chi connectivity index (χ3v) is 5.23. The number of anilines is 1. The molecule has 26 heavy (non-hydrogen) atoms. The summed E-state index contributed by atoms with van der Waals surface area (Å²) < 4.78 is 5.80. The number of fused-ring (bicyclic) bond motifs is 1. The number of para-hydroxylation sites is 1. The number of amides is 1. The van der Waals surface area contributed by atoms with E-state index in [2.05, 4.69) is 10.3 Å². The molecule has 132 valence electrons. The number of rotatable bonds is 4. The van der Waals surface area contributed by atoms with Crippen molar-refractivity contribution in [3.63, 3.8) is 0 Å². The quantitative estimate of drug-likeness (QED) is 0.752. The molecule has 5 nitrogen and oxygen atoms in total. The van der Waals surface area contributed by atoms with Gasteiger partial charge in [-0.1, -0.05) is 24.3 Å². The molecule has 2 aromatic carbocycles. The Kier molecular flexibility index (Phi) is 4.34. The molecule has 1 aliphatic rings. The van der Waals surface area contributed by atoms with E-state index < -0.39 is 0 Å². The van der Waals surface area contributed by atoms with Crippen LogP contribution < -0.4 is 10.1 Å². The van der Waals surface area contributed by atoms with Crippen molar-refractivity contribution in [1.82, 2.24) is 9.88 Å². The van der Waals surface area contributed by atoms with Crippen molar-refractivity contribution in [1.29, 1.82) is 0 Å². The molecule has 4 rings (SSSR count). The van der Waals surface area contributed by atoms with Gasteiger partial charge in [0.1, 0.15) is 18.5 Å². The molecule has 6 heteroatoms. The molecule has 0 saturated heterocycles. The Labute approximate surface area is 156 Å². The van der Waals surface area contributed by atoms with Crippen molar-refractivity contribution in [3.05, 3.63) is 75.7 Å². The van der Waals surface area contributed by atoms with Gasteiger partial charge in [0.05, 0.1) is 16.3 Å². The van der Waals surface area contributed by atoms with Crippen molar-refractivity contribution in [3.8, 4) is 5.75 Å². The first-order chi connectivity index (χ1) is 12.6. The second-order valence-electron chi connectivity index (χ2n) is 6.22. The van der Waals surface area contributed by atoms with Gasteiger partial charge in [-0.25, -0.2) is 4.98 Å². The predicted octanol–water partition coefficient (Wildman–Crippen LogP) is 4.23. The molecule has 0 fully saturated rings. The Hall–Kier alpha value is -2.86. The fraction of sp³-hybridized carbons (Fsp3) is 0.200. The topological polar surface area (TPSA) is 54.5 Å². The minimum absolute atomic E-state index is 0.0172. The largest absolute Gasteiger partial charge is 0.487 e. The molecule has 1 atom stereocenters. The van der Waals surface area contributed by atoms with Crippen LogP contribution >= 0.6 is 11.3 Å². The van der Waals surface area contributed by atoms with Gasteiger partial charge in [0.25, 0.3) is 5.91 Å². The second-order valence-corrected chi connectivity index (χ2v) is 7.29. The fourth-order valence-electron chi connectivity index (χ4n) is 3.03. The van der Waals surface area contributed by atoms with Crippen LogP contribution in [0.5, 0.6) is 5.75 Å². The lowest BCUT2D eigenvalue weighted by Crippen LogP contribution is -2.40. The van der Waals surface area contributed by atoms with E-state index >= 15 is 0 Å². The predicted molar refractivity (Wildman–Crippen MR) is 103 cm³/mol. The van der Waals surface area contributed by atoms with Gasteiger partial charge in [-0.05, 0) is 36.8 Å². The van der Waals surface area contributed by atoms with Crippen LogP contribution in [0.15, 0.2) is 53.9 Å². The smallest absolute Gasteiger partial charge is 0.257 e. The maximum absolute atomic E-state index is 12.6. The van der Waals surface area contributed by atoms with Crippen LogP contribution in [-0.4, -0.2) is 22.8 Å². The summed E-state index contributed by atoms with van der Waals surface area (Å²) in [5.41, 5.74) is 3.50. The van der Waals surface area contributed by atoms with Crippen molar-refractivity contribution >= 4 is 22.9 Å². The molecule has 0 radical (unpaired) electrons. The van der Waals surface area contributed by atoms with Gasteiger partial charge in [-0.3, -0.25) is 4.79 Å². The Morgan fingerprint density at radius 3 is 2.69 bits per heavy atom. The number of aryl methyl sites for hydroxylation is 1. The van der Waals surface area contributed by atoms with E-state index in [1.54, 1.807) is 16.2 Å². The summed E-state index contributed by atoms with van der Waals surface area (Å²) in [7, 11) is 1.81. The lowest BCUT2D eigenvalue weighted by molar-refractivity contribution is 0.0735. The molecule has 1 aliphatic heterocycles. The number of nitrogens with zero attached hydrogens (tertiary/aromatic N) is 2. The van der Waals surface area contributed by atoms with Crippen LogP contribution in [0.2, 0.25) is 0 Å². The van der Waals surface area contributed by atoms with Crippen molar-refractivity contribution in [2.75, 3.05) is 12.4 Å². The van der Waals surface area contributed by atoms with Crippen LogP contribution in [0, 0.1) is 6.92 Å². The number of benzene rings is 2. The van der Waals surface area contributed by atoms with Gasteiger partial charge >= 0.3 is 0 Å². The van der Waals surface area contributed by atoms with Gasteiger partial charge in [0.2, 0.25) is 0 Å². The minimum Gasteiger partial charge on any atom is -0.487 e. The minimum atomic E-state index is -0.201. The molecule has 1 aromatic heterocycles. The van der Waals surface area contributed by atoms with Gasteiger partial charge in [-0.15, -0.1) is 11.3 Å². The van der Waals surface area contributed by atoms with E-state index in [4.69, 9.17) is 4.74 Å². The van der Waals surface area contributed by atoms with Crippen LogP contribution in [0.3, 0.4) is 0 Å². The zero-order valence-corrected chi connectivity index (χ0v) is 15.4. The van der Waals surface area contributed by atoms with E-state index in [9.17, 15) is 4.79 Å². The van der Waals surface area contributed by atoms with Gasteiger partial charge in [0.15, 0.2) is 0 Å². The lowest BCUT2D eigenvalue weighted by atomic mass is 10.0. The van der Waals surface area contributed by atoms with Crippen molar-refractivity contribution < 1.29 is 9.53 Å². The van der Waals surface area contributed by atoms with Gasteiger partial charge in [-0.2, -0.15) is 0 Å². The second kappa shape index (κ2) is 6.80. The number of carbonyl (C=O) groups excluding carboxylic acids is 1. The van der Waals surface area contributed by atoms with E-state index in [0.29, 0.717) is 12.2 Å². The van der Waals surface area contributed by atoms with E-state index in [1.807, 2.05) is 67.9 Å². The molecule has 0 spiro atoms. The summed E-state index contributed by atoms with van der Waals surface area (Å²) in [5.74, 6) is 0.799. The van der Waals surface area contributed by atoms with Crippen LogP contribution in [0.25, 0.3) is 0 Å². The molecular weight excluding hydrogens is 346 g/mol. The Balaban J connectivity index is 1.49. The number of aromatic nitrogens is 1. The van der Waals surface area contributed by atoms with Gasteiger partial charge in [0, 0.05) is 18.1 Å². The number of hydrogen-bond donors (Lipinski definition) is 1. The molecule has 0 saturated carbocycles. The summed E-state index contributed by atoms with van der Waals surface area (Å²) >= 11 is 1.62. The van der Waals surface area contributed by atoms with E-state index in [1.165, 1.54) is 0 Å². The summed E-state index contributed by atoms with van der Waals surface area (Å²) in [6, 6.07) is 15.4. The van der Waals surface area contributed by atoms with Crippen molar-refractivity contribution in [2.45, 2.75) is 19.7 Å². The summed E-state index contributed by atoms with van der Waals surface area (Å²) in [4.78, 5) is 18.7. The Morgan fingerprint density at radius 1 is 1.19 bits per heavy atom. The summed E-state index contributed by atoms with van der Waals surface area (Å²) in [6.07, 6.45) is -0.201. The SMILES string of the molecule is Cc1nc(COc2ccc([C@@H]3Nc4ccccc4C(=O)N3C)cc2)cs1. The highest BCUT2D eigenvalue weighted by molar-refractivity contribution is 7.09. The number of thiazole rings is 1. The van der Waals surface area contributed by atoms with Crippen LogP contribution in [0.4, 0.5) is 5.69 Å². The molecule has 1 amide bonds. The molecule has 0 aliphatic carbocycles. The monoisotopic (exact) mass is 365 g/mol. The normalized spacial score (nSPS) is 16.2. The molecule has 0 unspecified atom stereocenters. The zero-order chi connectivity index (χ0) is 18.1. The first kappa shape index (κ1) is 16.6. The van der Waals surface area contributed by atoms with E-state index in [0.717, 1.165) is 27.7 Å². The Morgan fingerprint density at radius 2 is 1.96 bits per heavy atom. The third-order valence-electron chi connectivity index (χ3n) is 4.41. The number of hydrogen-bond acceptors (Lipinski definition) is 5. The fourth-order valence-corrected chi connectivity index (χ4v) is 3.63. The standard InChI is InChI=1S/C20H19N3O2S/c1-13-21-15(12-26-13)11-25-16-9-7-14(8-10-16)19-22-18-6-4-3-5-17(18)20(24)23(19)2/h3-10,12,19,22H,11H2,1-2H3/t19-/m1/s1. The highest BCUT2D eigenvalue weighted by atomic mass is 32.1.